The van der Waals surface area contributed by atoms with E-state index in [9.17, 15) is 0 Å². The Labute approximate surface area is 89.4 Å². The van der Waals surface area contributed by atoms with E-state index in [4.69, 9.17) is 21.8 Å². The third kappa shape index (κ3) is 1.69. The molecule has 1 aliphatic rings. The predicted molar refractivity (Wildman–Crippen MR) is 57.6 cm³/mol. The maximum absolute atomic E-state index is 5.87. The number of halogens is 1. The molecule has 0 saturated heterocycles. The molecule has 1 aromatic rings. The highest BCUT2D eigenvalue weighted by Gasteiger charge is 2.28. The molecule has 2 rings (SSSR count). The lowest BCUT2D eigenvalue weighted by Crippen LogP contribution is -2.19. The van der Waals surface area contributed by atoms with Crippen molar-refractivity contribution >= 4 is 11.6 Å². The zero-order chi connectivity index (χ0) is 10.1. The van der Waals surface area contributed by atoms with E-state index in [2.05, 4.69) is 6.92 Å². The second kappa shape index (κ2) is 3.95. The van der Waals surface area contributed by atoms with Crippen LogP contribution in [-0.4, -0.2) is 6.54 Å². The van der Waals surface area contributed by atoms with Gasteiger partial charge in [-0.3, -0.25) is 0 Å². The molecule has 1 aromatic heterocycles. The summed E-state index contributed by atoms with van der Waals surface area (Å²) in [7, 11) is 0. The van der Waals surface area contributed by atoms with Gasteiger partial charge in [-0.05, 0) is 54.5 Å². The highest BCUT2D eigenvalue weighted by Crippen LogP contribution is 2.40. The zero-order valence-electron chi connectivity index (χ0n) is 8.42. The molecule has 0 fully saturated rings. The monoisotopic (exact) mass is 213 g/mol. The van der Waals surface area contributed by atoms with E-state index < -0.39 is 0 Å². The molecule has 0 radical (unpaired) electrons. The molecule has 2 N–H and O–H groups in total. The smallest absolute Gasteiger partial charge is 0.193 e. The minimum atomic E-state index is 0.520. The van der Waals surface area contributed by atoms with Gasteiger partial charge in [0.25, 0.3) is 0 Å². The molecule has 2 unspecified atom stereocenters. The third-order valence-corrected chi connectivity index (χ3v) is 3.39. The van der Waals surface area contributed by atoms with Crippen LogP contribution in [0.1, 0.15) is 37.0 Å². The molecular formula is C11H16ClNO. The van der Waals surface area contributed by atoms with Crippen LogP contribution >= 0.6 is 11.6 Å². The van der Waals surface area contributed by atoms with Crippen LogP contribution in [0, 0.1) is 5.92 Å². The summed E-state index contributed by atoms with van der Waals surface area (Å²) in [6.45, 7) is 3.02. The van der Waals surface area contributed by atoms with Crippen molar-refractivity contribution in [3.05, 3.63) is 22.6 Å². The fourth-order valence-electron chi connectivity index (χ4n) is 2.40. The summed E-state index contributed by atoms with van der Waals surface area (Å²) in [4.78, 5) is 0. The number of aryl methyl sites for hydroxylation is 1. The van der Waals surface area contributed by atoms with Crippen molar-refractivity contribution in [2.45, 2.75) is 32.1 Å². The maximum Gasteiger partial charge on any atom is 0.193 e. The second-order valence-electron chi connectivity index (χ2n) is 4.13. The molecule has 14 heavy (non-hydrogen) atoms. The quantitative estimate of drug-likeness (QED) is 0.821. The molecule has 0 saturated carbocycles. The first kappa shape index (κ1) is 10.1. The lowest BCUT2D eigenvalue weighted by molar-refractivity contribution is 0.355. The molecule has 2 nitrogen and oxygen atoms in total. The number of hydrogen-bond donors (Lipinski definition) is 1. The van der Waals surface area contributed by atoms with Crippen LogP contribution < -0.4 is 5.73 Å². The Hall–Kier alpha value is -0.470. The number of hydrogen-bond acceptors (Lipinski definition) is 2. The van der Waals surface area contributed by atoms with Crippen LogP contribution in [0.4, 0.5) is 0 Å². The highest BCUT2D eigenvalue weighted by atomic mass is 35.5. The van der Waals surface area contributed by atoms with Crippen LogP contribution in [0.3, 0.4) is 0 Å². The predicted octanol–water partition coefficient (Wildman–Crippen LogP) is 2.95. The fraction of sp³-hybridized carbons (Fsp3) is 0.636. The summed E-state index contributed by atoms with van der Waals surface area (Å²) in [5, 5.41) is 0.520. The Morgan fingerprint density at radius 3 is 3.14 bits per heavy atom. The first-order valence-corrected chi connectivity index (χ1v) is 5.58. The SMILES string of the molecule is CC1CCc2oc(Cl)cc2C1CCN. The third-order valence-electron chi connectivity index (χ3n) is 3.20. The zero-order valence-corrected chi connectivity index (χ0v) is 9.18. The van der Waals surface area contributed by atoms with Crippen LogP contribution in [0.25, 0.3) is 0 Å². The maximum atomic E-state index is 5.87. The van der Waals surface area contributed by atoms with E-state index in [-0.39, 0.29) is 0 Å². The average Bonchev–Trinajstić information content (AvgIpc) is 2.51. The summed E-state index contributed by atoms with van der Waals surface area (Å²) in [6, 6.07) is 1.97. The molecule has 0 amide bonds. The molecule has 0 aromatic carbocycles. The summed E-state index contributed by atoms with van der Waals surface area (Å²) >= 11 is 5.87. The van der Waals surface area contributed by atoms with Gasteiger partial charge < -0.3 is 10.2 Å². The van der Waals surface area contributed by atoms with Crippen LogP contribution in [-0.2, 0) is 6.42 Å². The van der Waals surface area contributed by atoms with E-state index in [1.807, 2.05) is 6.07 Å². The molecule has 0 aliphatic heterocycles. The molecule has 78 valence electrons. The molecule has 1 aliphatic carbocycles. The molecule has 3 heteroatoms. The Balaban J connectivity index is 2.30. The van der Waals surface area contributed by atoms with E-state index in [0.29, 0.717) is 17.1 Å². The van der Waals surface area contributed by atoms with Gasteiger partial charge in [-0.2, -0.15) is 0 Å². The number of rotatable bonds is 2. The Morgan fingerprint density at radius 2 is 2.43 bits per heavy atom. The lowest BCUT2D eigenvalue weighted by Gasteiger charge is -2.27. The van der Waals surface area contributed by atoms with Crippen LogP contribution in [0.15, 0.2) is 10.5 Å². The van der Waals surface area contributed by atoms with Gasteiger partial charge in [-0.25, -0.2) is 0 Å². The van der Waals surface area contributed by atoms with Crippen molar-refractivity contribution < 1.29 is 4.42 Å². The Morgan fingerprint density at radius 1 is 1.64 bits per heavy atom. The van der Waals surface area contributed by atoms with Gasteiger partial charge in [-0.15, -0.1) is 0 Å². The van der Waals surface area contributed by atoms with Gasteiger partial charge in [0, 0.05) is 6.42 Å². The van der Waals surface area contributed by atoms with Gasteiger partial charge in [0.15, 0.2) is 5.22 Å². The summed E-state index contributed by atoms with van der Waals surface area (Å²) in [6.07, 6.45) is 3.23. The van der Waals surface area contributed by atoms with E-state index >= 15 is 0 Å². The van der Waals surface area contributed by atoms with Crippen LogP contribution in [0.2, 0.25) is 5.22 Å². The van der Waals surface area contributed by atoms with Crippen LogP contribution in [0.5, 0.6) is 0 Å². The van der Waals surface area contributed by atoms with Crippen molar-refractivity contribution in [3.8, 4) is 0 Å². The Bertz CT molecular complexity index is 321. The number of furan rings is 1. The second-order valence-corrected chi connectivity index (χ2v) is 4.50. The standard InChI is InChI=1S/C11H16ClNO/c1-7-2-3-10-9(6-11(12)14-10)8(7)4-5-13/h6-8H,2-5,13H2,1H3. The minimum Gasteiger partial charge on any atom is -0.449 e. The topological polar surface area (TPSA) is 39.2 Å². The van der Waals surface area contributed by atoms with Gasteiger partial charge in [0.2, 0.25) is 0 Å². The van der Waals surface area contributed by atoms with E-state index in [0.717, 1.165) is 25.1 Å². The molecule has 0 bridgehead atoms. The minimum absolute atomic E-state index is 0.520. The summed E-state index contributed by atoms with van der Waals surface area (Å²) in [5.41, 5.74) is 6.91. The van der Waals surface area contributed by atoms with Crippen molar-refractivity contribution in [2.75, 3.05) is 6.54 Å². The fourth-order valence-corrected chi connectivity index (χ4v) is 2.61. The normalized spacial score (nSPS) is 26.2. The summed E-state index contributed by atoms with van der Waals surface area (Å²) in [5.74, 6) is 2.31. The van der Waals surface area contributed by atoms with Crippen molar-refractivity contribution in [3.63, 3.8) is 0 Å². The van der Waals surface area contributed by atoms with Gasteiger partial charge in [0.05, 0.1) is 0 Å². The van der Waals surface area contributed by atoms with Gasteiger partial charge >= 0.3 is 0 Å². The van der Waals surface area contributed by atoms with Gasteiger partial charge in [-0.1, -0.05) is 6.92 Å². The van der Waals surface area contributed by atoms with Gasteiger partial charge in [0.1, 0.15) is 5.76 Å². The molecule has 1 heterocycles. The molecular weight excluding hydrogens is 198 g/mol. The first-order valence-electron chi connectivity index (χ1n) is 5.20. The number of nitrogens with two attached hydrogens (primary N) is 1. The Kier molecular flexibility index (Phi) is 2.84. The van der Waals surface area contributed by atoms with Crippen molar-refractivity contribution in [1.82, 2.24) is 0 Å². The van der Waals surface area contributed by atoms with E-state index in [1.165, 1.54) is 12.0 Å². The largest absolute Gasteiger partial charge is 0.449 e. The summed E-state index contributed by atoms with van der Waals surface area (Å²) < 4.78 is 5.46. The highest BCUT2D eigenvalue weighted by molar-refractivity contribution is 6.28. The number of fused-ring (bicyclic) bond motifs is 1. The molecule has 2 atom stereocenters. The molecule has 0 spiro atoms. The van der Waals surface area contributed by atoms with Crippen molar-refractivity contribution in [1.29, 1.82) is 0 Å². The van der Waals surface area contributed by atoms with E-state index in [1.54, 1.807) is 0 Å². The average molecular weight is 214 g/mol. The first-order chi connectivity index (χ1) is 6.72. The lowest BCUT2D eigenvalue weighted by atomic mass is 9.77. The van der Waals surface area contributed by atoms with Crippen molar-refractivity contribution in [2.24, 2.45) is 11.7 Å².